The van der Waals surface area contributed by atoms with Crippen molar-refractivity contribution in [3.8, 4) is 6.07 Å². The molecule has 1 heterocycles. The highest BCUT2D eigenvalue weighted by Crippen LogP contribution is 2.14. The van der Waals surface area contributed by atoms with Crippen LogP contribution in [-0.4, -0.2) is 32.5 Å². The van der Waals surface area contributed by atoms with E-state index in [1.165, 1.54) is 25.9 Å². The predicted molar refractivity (Wildman–Crippen MR) is 55.0 cm³/mol. The van der Waals surface area contributed by atoms with E-state index >= 15 is 0 Å². The van der Waals surface area contributed by atoms with E-state index in [-0.39, 0.29) is 12.2 Å². The van der Waals surface area contributed by atoms with Crippen LogP contribution in [0.5, 0.6) is 0 Å². The maximum atomic E-state index is 11.8. The van der Waals surface area contributed by atoms with E-state index in [1.54, 1.807) is 6.20 Å². The summed E-state index contributed by atoms with van der Waals surface area (Å²) in [6.07, 6.45) is 2.70. The van der Waals surface area contributed by atoms with Gasteiger partial charge >= 0.3 is 0 Å². The van der Waals surface area contributed by atoms with E-state index in [0.717, 1.165) is 0 Å². The summed E-state index contributed by atoms with van der Waals surface area (Å²) in [5.41, 5.74) is 1.96. The largest absolute Gasteiger partial charge is 0.356 e. The Morgan fingerprint density at radius 3 is 2.75 bits per heavy atom. The number of nitriles is 1. The van der Waals surface area contributed by atoms with E-state index in [9.17, 15) is 4.79 Å². The lowest BCUT2D eigenvalue weighted by Crippen LogP contribution is -2.69. The summed E-state index contributed by atoms with van der Waals surface area (Å²) in [7, 11) is 2.94. The number of rotatable bonds is 6. The summed E-state index contributed by atoms with van der Waals surface area (Å²) in [6, 6.07) is 1.95. The molecule has 0 amide bonds. The Kier molecular flexibility index (Phi) is 4.79. The van der Waals surface area contributed by atoms with Gasteiger partial charge in [-0.1, -0.05) is 5.10 Å². The third kappa shape index (κ3) is 2.97. The molecule has 0 radical (unpaired) electrons. The number of carbonyl (C=O) groups excluding carboxylic acids is 1. The number of carbonyl (C=O) groups is 1. The van der Waals surface area contributed by atoms with Crippen LogP contribution in [0.4, 0.5) is 0 Å². The van der Waals surface area contributed by atoms with Crippen molar-refractivity contribution in [1.82, 2.24) is 0 Å². The normalized spacial score (nSPS) is 16.0. The third-order valence-corrected chi connectivity index (χ3v) is 2.26. The molecule has 0 bridgehead atoms. The first-order valence-corrected chi connectivity index (χ1v) is 4.79. The smallest absolute Gasteiger partial charge is 0.187 e. The molecule has 1 unspecified atom stereocenters. The fourth-order valence-electron chi connectivity index (χ4n) is 1.34. The first-order chi connectivity index (χ1) is 7.72. The van der Waals surface area contributed by atoms with Crippen molar-refractivity contribution in [1.29, 1.82) is 5.26 Å². The van der Waals surface area contributed by atoms with Gasteiger partial charge < -0.3 is 9.47 Å². The molecule has 1 rings (SSSR count). The second kappa shape index (κ2) is 6.12. The van der Waals surface area contributed by atoms with Crippen LogP contribution in [0.15, 0.2) is 16.9 Å². The summed E-state index contributed by atoms with van der Waals surface area (Å²) in [6.45, 7) is 0. The van der Waals surface area contributed by atoms with E-state index < -0.39 is 12.2 Å². The minimum absolute atomic E-state index is 0.216. The second-order valence-corrected chi connectivity index (χ2v) is 3.23. The lowest BCUT2D eigenvalue weighted by atomic mass is 9.96. The van der Waals surface area contributed by atoms with Gasteiger partial charge in [0.1, 0.15) is 12.1 Å². The molecular weight excluding hydrogens is 210 g/mol. The molecule has 0 aromatic carbocycles. The molecule has 1 atom stereocenters. The third-order valence-electron chi connectivity index (χ3n) is 2.26. The van der Waals surface area contributed by atoms with Crippen LogP contribution in [0.3, 0.4) is 0 Å². The monoisotopic (exact) mass is 224 g/mol. The van der Waals surface area contributed by atoms with Crippen molar-refractivity contribution in [2.45, 2.75) is 12.7 Å². The Morgan fingerprint density at radius 2 is 2.31 bits per heavy atom. The molecule has 1 aliphatic rings. The SMILES string of the molecule is COC(CC(C#N)C(=O)C1=C[NH2+]N=C1)OC. The van der Waals surface area contributed by atoms with E-state index in [4.69, 9.17) is 14.7 Å². The number of ether oxygens (including phenoxy) is 2. The van der Waals surface area contributed by atoms with Gasteiger partial charge in [0.15, 0.2) is 12.1 Å². The molecule has 0 saturated heterocycles. The number of nitrogens with zero attached hydrogens (tertiary/aromatic N) is 2. The summed E-state index contributed by atoms with van der Waals surface area (Å²) >= 11 is 0. The maximum absolute atomic E-state index is 11.8. The van der Waals surface area contributed by atoms with Crippen LogP contribution in [0.25, 0.3) is 0 Å². The molecular formula is C10H14N3O3+. The Bertz CT molecular complexity index is 353. The van der Waals surface area contributed by atoms with Crippen LogP contribution in [-0.2, 0) is 14.3 Å². The van der Waals surface area contributed by atoms with Gasteiger partial charge in [-0.05, 0) is 0 Å². The number of hydrogen-bond donors (Lipinski definition) is 1. The molecule has 0 spiro atoms. The van der Waals surface area contributed by atoms with Gasteiger partial charge in [-0.15, -0.1) is 0 Å². The molecule has 0 aromatic heterocycles. The van der Waals surface area contributed by atoms with Gasteiger partial charge in [0.25, 0.3) is 0 Å². The molecule has 6 nitrogen and oxygen atoms in total. The predicted octanol–water partition coefficient (Wildman–Crippen LogP) is -0.849. The lowest BCUT2D eigenvalue weighted by Gasteiger charge is -2.15. The van der Waals surface area contributed by atoms with Gasteiger partial charge in [-0.25, -0.2) is 0 Å². The molecule has 1 aliphatic heterocycles. The highest BCUT2D eigenvalue weighted by Gasteiger charge is 2.26. The number of hydrogen-bond acceptors (Lipinski definition) is 5. The summed E-state index contributed by atoms with van der Waals surface area (Å²) in [5, 5.41) is 12.7. The number of allylic oxidation sites excluding steroid dienone is 1. The fraction of sp³-hybridized carbons (Fsp3) is 0.500. The zero-order valence-electron chi connectivity index (χ0n) is 9.21. The molecule has 86 valence electrons. The Hall–Kier alpha value is -1.55. The van der Waals surface area contributed by atoms with Crippen LogP contribution < -0.4 is 5.43 Å². The topological polar surface area (TPSA) is 88.3 Å². The summed E-state index contributed by atoms with van der Waals surface area (Å²) in [4.78, 5) is 11.8. The highest BCUT2D eigenvalue weighted by atomic mass is 16.7. The zero-order valence-corrected chi connectivity index (χ0v) is 9.21. The summed E-state index contributed by atoms with van der Waals surface area (Å²) in [5.74, 6) is -1.02. The highest BCUT2D eigenvalue weighted by molar-refractivity contribution is 6.14. The average Bonchev–Trinajstić information content (AvgIpc) is 2.83. The zero-order chi connectivity index (χ0) is 12.0. The van der Waals surface area contributed by atoms with E-state index in [2.05, 4.69) is 5.10 Å². The van der Waals surface area contributed by atoms with Gasteiger partial charge in [0.2, 0.25) is 0 Å². The number of ketones is 1. The van der Waals surface area contributed by atoms with Crippen LogP contribution in [0, 0.1) is 17.2 Å². The van der Waals surface area contributed by atoms with Crippen molar-refractivity contribution >= 4 is 12.0 Å². The molecule has 0 fully saturated rings. The van der Waals surface area contributed by atoms with E-state index in [0.29, 0.717) is 5.57 Å². The molecule has 16 heavy (non-hydrogen) atoms. The van der Waals surface area contributed by atoms with Gasteiger partial charge in [0.05, 0.1) is 17.9 Å². The van der Waals surface area contributed by atoms with Gasteiger partial charge in [0, 0.05) is 20.6 Å². The lowest BCUT2D eigenvalue weighted by molar-refractivity contribution is -0.590. The van der Waals surface area contributed by atoms with Gasteiger partial charge in [-0.2, -0.15) is 10.7 Å². The van der Waals surface area contributed by atoms with Crippen LogP contribution >= 0.6 is 0 Å². The number of quaternary nitrogens is 1. The van der Waals surface area contributed by atoms with Crippen molar-refractivity contribution in [2.24, 2.45) is 11.0 Å². The van der Waals surface area contributed by atoms with E-state index in [1.807, 2.05) is 6.07 Å². The second-order valence-electron chi connectivity index (χ2n) is 3.23. The molecule has 0 saturated carbocycles. The first kappa shape index (κ1) is 12.5. The number of nitrogens with two attached hydrogens (primary N) is 1. The van der Waals surface area contributed by atoms with Crippen molar-refractivity contribution in [3.05, 3.63) is 11.8 Å². The minimum Gasteiger partial charge on any atom is -0.356 e. The van der Waals surface area contributed by atoms with Crippen molar-refractivity contribution in [3.63, 3.8) is 0 Å². The summed E-state index contributed by atoms with van der Waals surface area (Å²) < 4.78 is 9.92. The molecule has 6 heteroatoms. The number of methoxy groups -OCH3 is 2. The molecule has 0 aromatic rings. The maximum Gasteiger partial charge on any atom is 0.187 e. The quantitative estimate of drug-likeness (QED) is 0.470. The fourth-order valence-corrected chi connectivity index (χ4v) is 1.34. The Labute approximate surface area is 93.5 Å². The molecule has 0 aliphatic carbocycles. The number of Topliss-reactive ketones (excluding diaryl/α,β-unsaturated/α-hetero) is 1. The molecule has 2 N–H and O–H groups in total. The van der Waals surface area contributed by atoms with Crippen LogP contribution in [0.2, 0.25) is 0 Å². The first-order valence-electron chi connectivity index (χ1n) is 4.79. The Morgan fingerprint density at radius 1 is 1.62 bits per heavy atom. The Balaban J connectivity index is 2.64. The standard InChI is InChI=1S/C10H13N3O3/c1-15-9(16-2)3-7(4-11)10(14)8-5-12-13-6-8/h5-7,9H,3H2,1-2H3,(H,12,13)/p+1. The average molecular weight is 224 g/mol. The van der Waals surface area contributed by atoms with Crippen molar-refractivity contribution < 1.29 is 19.7 Å². The van der Waals surface area contributed by atoms with Gasteiger partial charge in [-0.3, -0.25) is 4.79 Å². The van der Waals surface area contributed by atoms with Crippen LogP contribution in [0.1, 0.15) is 6.42 Å². The van der Waals surface area contributed by atoms with Crippen molar-refractivity contribution in [2.75, 3.05) is 14.2 Å². The minimum atomic E-state index is -0.769.